The number of benzene rings is 1. The number of halogens is 1. The van der Waals surface area contributed by atoms with Gasteiger partial charge in [-0.2, -0.15) is 0 Å². The summed E-state index contributed by atoms with van der Waals surface area (Å²) in [7, 11) is 0. The van der Waals surface area contributed by atoms with E-state index in [4.69, 9.17) is 10.5 Å². The Labute approximate surface area is 204 Å². The van der Waals surface area contributed by atoms with E-state index in [0.717, 1.165) is 6.07 Å². The molecular weight excluding hydrogens is 475 g/mol. The van der Waals surface area contributed by atoms with Crippen molar-refractivity contribution in [2.75, 3.05) is 29.0 Å². The zero-order valence-electron chi connectivity index (χ0n) is 18.5. The molecule has 0 spiro atoms. The molecule has 1 saturated heterocycles. The summed E-state index contributed by atoms with van der Waals surface area (Å²) in [5.74, 6) is -1.71. The molecule has 0 aliphatic carbocycles. The van der Waals surface area contributed by atoms with E-state index in [1.165, 1.54) is 41.9 Å². The number of amides is 3. The third kappa shape index (κ3) is 6.03. The summed E-state index contributed by atoms with van der Waals surface area (Å²) >= 11 is 1.33. The van der Waals surface area contributed by atoms with Crippen molar-refractivity contribution in [1.29, 1.82) is 0 Å². The molecule has 10 nitrogen and oxygen atoms in total. The van der Waals surface area contributed by atoms with Gasteiger partial charge in [-0.3, -0.25) is 14.5 Å². The van der Waals surface area contributed by atoms with Crippen LogP contribution in [-0.4, -0.2) is 47.1 Å². The molecule has 180 valence electrons. The molecule has 3 heterocycles. The van der Waals surface area contributed by atoms with Gasteiger partial charge in [0.05, 0.1) is 48.1 Å². The Balaban J connectivity index is 1.38. The lowest BCUT2D eigenvalue weighted by Gasteiger charge is -2.14. The molecule has 1 aliphatic rings. The number of carbonyl (C=O) groups is 3. The topological polar surface area (TPSA) is 140 Å². The Morgan fingerprint density at radius 3 is 2.54 bits per heavy atom. The molecule has 12 heteroatoms. The SMILES string of the molecule is CC(=O)NC[C@H]1CN(c2ccc(C(=O)Nc3ccc(Sc4ccc(N)cn4)nc3)c(F)c2)C(=O)O1. The average molecular weight is 497 g/mol. The van der Waals surface area contributed by atoms with Crippen molar-refractivity contribution in [3.05, 3.63) is 66.2 Å². The standard InChI is InChI=1S/C23H21FN6O4S/c1-13(31)26-11-17-12-30(23(33)34-17)16-4-5-18(19(24)8-16)22(32)29-15-3-7-21(28-10-15)35-20-6-2-14(25)9-27-20/h2-10,17H,11-12,25H2,1H3,(H,26,31)(H,29,32)/t17-/m0/s1. The second-order valence-corrected chi connectivity index (χ2v) is 8.63. The predicted molar refractivity (Wildman–Crippen MR) is 128 cm³/mol. The number of rotatable bonds is 7. The average Bonchev–Trinajstić information content (AvgIpc) is 3.21. The van der Waals surface area contributed by atoms with E-state index in [9.17, 15) is 18.8 Å². The van der Waals surface area contributed by atoms with Gasteiger partial charge in [-0.15, -0.1) is 0 Å². The van der Waals surface area contributed by atoms with Crippen LogP contribution in [0, 0.1) is 5.82 Å². The first kappa shape index (κ1) is 24.0. The Morgan fingerprint density at radius 1 is 1.17 bits per heavy atom. The molecule has 0 saturated carbocycles. The van der Waals surface area contributed by atoms with E-state index in [-0.39, 0.29) is 30.2 Å². The largest absolute Gasteiger partial charge is 0.442 e. The number of nitrogens with zero attached hydrogens (tertiary/aromatic N) is 3. The van der Waals surface area contributed by atoms with Gasteiger partial charge in [0.15, 0.2) is 0 Å². The number of anilines is 3. The van der Waals surface area contributed by atoms with E-state index in [1.54, 1.807) is 30.5 Å². The van der Waals surface area contributed by atoms with Gasteiger partial charge in [0.2, 0.25) is 5.91 Å². The Hall–Kier alpha value is -4.19. The van der Waals surface area contributed by atoms with Crippen LogP contribution in [-0.2, 0) is 9.53 Å². The maximum Gasteiger partial charge on any atom is 0.414 e. The van der Waals surface area contributed by atoms with Crippen molar-refractivity contribution >= 4 is 46.7 Å². The lowest BCUT2D eigenvalue weighted by Crippen LogP contribution is -2.33. The van der Waals surface area contributed by atoms with Crippen LogP contribution in [0.15, 0.2) is 64.9 Å². The molecule has 35 heavy (non-hydrogen) atoms. The maximum atomic E-state index is 14.7. The molecule has 4 rings (SSSR count). The Bertz CT molecular complexity index is 1260. The van der Waals surface area contributed by atoms with E-state index >= 15 is 0 Å². The maximum absolute atomic E-state index is 14.7. The van der Waals surface area contributed by atoms with Crippen LogP contribution in [0.1, 0.15) is 17.3 Å². The molecule has 3 amide bonds. The summed E-state index contributed by atoms with van der Waals surface area (Å²) in [6.45, 7) is 1.66. The van der Waals surface area contributed by atoms with E-state index < -0.39 is 23.9 Å². The number of carbonyl (C=O) groups excluding carboxylic acids is 3. The number of nitrogen functional groups attached to an aromatic ring is 1. The van der Waals surface area contributed by atoms with Crippen LogP contribution in [0.25, 0.3) is 0 Å². The summed E-state index contributed by atoms with van der Waals surface area (Å²) in [4.78, 5) is 45.5. The molecule has 0 bridgehead atoms. The summed E-state index contributed by atoms with van der Waals surface area (Å²) < 4.78 is 19.9. The molecule has 1 fully saturated rings. The van der Waals surface area contributed by atoms with Crippen LogP contribution < -0.4 is 21.3 Å². The van der Waals surface area contributed by atoms with Crippen molar-refractivity contribution in [1.82, 2.24) is 15.3 Å². The monoisotopic (exact) mass is 496 g/mol. The van der Waals surface area contributed by atoms with Crippen LogP contribution in [0.4, 0.5) is 26.2 Å². The minimum absolute atomic E-state index is 0.145. The van der Waals surface area contributed by atoms with Gasteiger partial charge in [0, 0.05) is 6.92 Å². The zero-order chi connectivity index (χ0) is 24.9. The summed E-state index contributed by atoms with van der Waals surface area (Å²) in [5.41, 5.74) is 6.63. The number of hydrogen-bond donors (Lipinski definition) is 3. The first-order valence-electron chi connectivity index (χ1n) is 10.5. The summed E-state index contributed by atoms with van der Waals surface area (Å²) in [5, 5.41) is 6.55. The van der Waals surface area contributed by atoms with Crippen molar-refractivity contribution < 1.29 is 23.5 Å². The van der Waals surface area contributed by atoms with Crippen molar-refractivity contribution in [2.24, 2.45) is 0 Å². The highest BCUT2D eigenvalue weighted by molar-refractivity contribution is 7.99. The molecule has 1 aliphatic heterocycles. The van der Waals surface area contributed by atoms with Crippen LogP contribution >= 0.6 is 11.8 Å². The Kier molecular flexibility index (Phi) is 7.11. The highest BCUT2D eigenvalue weighted by atomic mass is 32.2. The normalized spacial score (nSPS) is 15.0. The molecule has 3 aromatic rings. The van der Waals surface area contributed by atoms with Gasteiger partial charge in [0.25, 0.3) is 5.91 Å². The summed E-state index contributed by atoms with van der Waals surface area (Å²) in [6, 6.07) is 10.7. The van der Waals surface area contributed by atoms with Crippen LogP contribution in [0.3, 0.4) is 0 Å². The number of pyridine rings is 2. The molecule has 2 aromatic heterocycles. The van der Waals surface area contributed by atoms with Gasteiger partial charge in [-0.25, -0.2) is 19.2 Å². The highest BCUT2D eigenvalue weighted by Gasteiger charge is 2.33. The van der Waals surface area contributed by atoms with Crippen molar-refractivity contribution in [2.45, 2.75) is 23.1 Å². The third-order valence-corrected chi connectivity index (χ3v) is 5.83. The molecular formula is C23H21FN6O4S. The van der Waals surface area contributed by atoms with E-state index in [2.05, 4.69) is 20.6 Å². The number of ether oxygens (including phenoxy) is 1. The lowest BCUT2D eigenvalue weighted by molar-refractivity contribution is -0.119. The fourth-order valence-electron chi connectivity index (χ4n) is 3.22. The molecule has 0 unspecified atom stereocenters. The number of hydrogen-bond acceptors (Lipinski definition) is 8. The fourth-order valence-corrected chi connectivity index (χ4v) is 3.92. The second kappa shape index (κ2) is 10.4. The van der Waals surface area contributed by atoms with Crippen LogP contribution in [0.2, 0.25) is 0 Å². The van der Waals surface area contributed by atoms with E-state index in [1.807, 2.05) is 0 Å². The number of nitrogens with two attached hydrogens (primary N) is 1. The highest BCUT2D eigenvalue weighted by Crippen LogP contribution is 2.26. The lowest BCUT2D eigenvalue weighted by atomic mass is 10.1. The molecule has 1 aromatic carbocycles. The van der Waals surface area contributed by atoms with Gasteiger partial charge in [-0.05, 0) is 42.5 Å². The number of nitrogens with one attached hydrogen (secondary N) is 2. The fraction of sp³-hybridized carbons (Fsp3) is 0.174. The van der Waals surface area contributed by atoms with Gasteiger partial charge >= 0.3 is 6.09 Å². The third-order valence-electron chi connectivity index (χ3n) is 4.92. The summed E-state index contributed by atoms with van der Waals surface area (Å²) in [6.07, 6.45) is 1.80. The quantitative estimate of drug-likeness (QED) is 0.454. The first-order valence-corrected chi connectivity index (χ1v) is 11.3. The van der Waals surface area contributed by atoms with Gasteiger partial charge in [-0.1, -0.05) is 11.8 Å². The first-order chi connectivity index (χ1) is 16.8. The smallest absolute Gasteiger partial charge is 0.414 e. The minimum atomic E-state index is -0.798. The number of cyclic esters (lactones) is 1. The molecule has 0 radical (unpaired) electrons. The van der Waals surface area contributed by atoms with Gasteiger partial charge in [0.1, 0.15) is 22.0 Å². The van der Waals surface area contributed by atoms with Crippen molar-refractivity contribution in [3.63, 3.8) is 0 Å². The predicted octanol–water partition coefficient (Wildman–Crippen LogP) is 3.06. The van der Waals surface area contributed by atoms with E-state index in [0.29, 0.717) is 21.4 Å². The molecule has 4 N–H and O–H groups in total. The minimum Gasteiger partial charge on any atom is -0.442 e. The number of aromatic nitrogens is 2. The molecule has 1 atom stereocenters. The van der Waals surface area contributed by atoms with Crippen molar-refractivity contribution in [3.8, 4) is 0 Å². The Morgan fingerprint density at radius 2 is 1.91 bits per heavy atom. The van der Waals surface area contributed by atoms with Crippen LogP contribution in [0.5, 0.6) is 0 Å². The second-order valence-electron chi connectivity index (χ2n) is 7.59. The zero-order valence-corrected chi connectivity index (χ0v) is 19.3. The van der Waals surface area contributed by atoms with Gasteiger partial charge < -0.3 is 21.1 Å².